The maximum Gasteiger partial charge on any atom is 0.0769 e. The largest absolute Gasteiger partial charge is 0.388 e. The Morgan fingerprint density at radius 2 is 1.42 bits per heavy atom. The van der Waals surface area contributed by atoms with Gasteiger partial charge in [-0.1, -0.05) is 53.7 Å². The molecule has 1 nitrogen and oxygen atoms in total. The minimum Gasteiger partial charge on any atom is -0.388 e. The highest BCUT2D eigenvalue weighted by Gasteiger charge is 2.19. The molecule has 0 amide bonds. The number of hydrogen-bond donors (Lipinski definition) is 1. The quantitative estimate of drug-likeness (QED) is 0.600. The maximum atomic E-state index is 9.66. The summed E-state index contributed by atoms with van der Waals surface area (Å²) in [5.74, 6) is 0. The SMILES string of the molecule is CC(C)(C)/C=C/C(O)C(C)(C)C. The second-order valence-corrected chi connectivity index (χ2v) is 5.54. The molecule has 1 N–H and O–H groups in total. The summed E-state index contributed by atoms with van der Waals surface area (Å²) in [5, 5.41) is 9.66. The lowest BCUT2D eigenvalue weighted by Gasteiger charge is -2.24. The second-order valence-electron chi connectivity index (χ2n) is 5.54. The first-order chi connectivity index (χ1) is 5.13. The van der Waals surface area contributed by atoms with Gasteiger partial charge in [-0.05, 0) is 10.8 Å². The molecule has 0 heterocycles. The Bertz CT molecular complexity index is 155. The minimum absolute atomic E-state index is 0.0538. The van der Waals surface area contributed by atoms with Gasteiger partial charge >= 0.3 is 0 Å². The van der Waals surface area contributed by atoms with Gasteiger partial charge in [0.05, 0.1) is 6.10 Å². The van der Waals surface area contributed by atoms with E-state index < -0.39 is 0 Å². The van der Waals surface area contributed by atoms with Crippen LogP contribution in [-0.4, -0.2) is 11.2 Å². The van der Waals surface area contributed by atoms with Crippen molar-refractivity contribution in [3.05, 3.63) is 12.2 Å². The van der Waals surface area contributed by atoms with Gasteiger partial charge in [0, 0.05) is 0 Å². The fourth-order valence-corrected chi connectivity index (χ4v) is 0.668. The van der Waals surface area contributed by atoms with Crippen molar-refractivity contribution < 1.29 is 5.11 Å². The molecule has 0 bridgehead atoms. The van der Waals surface area contributed by atoms with Crippen molar-refractivity contribution in [2.45, 2.75) is 47.6 Å². The van der Waals surface area contributed by atoms with E-state index in [2.05, 4.69) is 26.8 Å². The summed E-state index contributed by atoms with van der Waals surface area (Å²) < 4.78 is 0. The van der Waals surface area contributed by atoms with E-state index in [-0.39, 0.29) is 16.9 Å². The van der Waals surface area contributed by atoms with Gasteiger partial charge in [-0.2, -0.15) is 0 Å². The zero-order chi connectivity index (χ0) is 9.99. The van der Waals surface area contributed by atoms with Crippen LogP contribution in [-0.2, 0) is 0 Å². The van der Waals surface area contributed by atoms with Crippen molar-refractivity contribution in [1.82, 2.24) is 0 Å². The molecular formula is C11H22O. The Hall–Kier alpha value is -0.300. The lowest BCUT2D eigenvalue weighted by molar-refractivity contribution is 0.104. The third kappa shape index (κ3) is 5.36. The number of allylic oxidation sites excluding steroid dienone is 1. The van der Waals surface area contributed by atoms with Gasteiger partial charge < -0.3 is 5.11 Å². The van der Waals surface area contributed by atoms with Crippen molar-refractivity contribution in [3.63, 3.8) is 0 Å². The smallest absolute Gasteiger partial charge is 0.0769 e. The Morgan fingerprint density at radius 1 is 1.00 bits per heavy atom. The molecule has 1 atom stereocenters. The molecule has 0 aromatic carbocycles. The lowest BCUT2D eigenvalue weighted by atomic mass is 9.87. The predicted octanol–water partition coefficient (Wildman–Crippen LogP) is 3.00. The standard InChI is InChI=1S/C11H22O/c1-10(2,3)8-7-9(12)11(4,5)6/h7-9,12H,1-6H3/b8-7+. The molecule has 0 saturated carbocycles. The molecule has 0 spiro atoms. The molecule has 0 aliphatic heterocycles. The van der Waals surface area contributed by atoms with Gasteiger partial charge in [0.15, 0.2) is 0 Å². The van der Waals surface area contributed by atoms with Crippen molar-refractivity contribution in [2.75, 3.05) is 0 Å². The monoisotopic (exact) mass is 170 g/mol. The van der Waals surface area contributed by atoms with Crippen LogP contribution in [0, 0.1) is 10.8 Å². The van der Waals surface area contributed by atoms with Crippen LogP contribution in [0.25, 0.3) is 0 Å². The van der Waals surface area contributed by atoms with E-state index in [4.69, 9.17) is 0 Å². The van der Waals surface area contributed by atoms with Crippen molar-refractivity contribution in [2.24, 2.45) is 10.8 Å². The summed E-state index contributed by atoms with van der Waals surface area (Å²) in [4.78, 5) is 0. The summed E-state index contributed by atoms with van der Waals surface area (Å²) in [6.07, 6.45) is 3.60. The van der Waals surface area contributed by atoms with E-state index in [1.807, 2.05) is 26.8 Å². The Balaban J connectivity index is 4.19. The van der Waals surface area contributed by atoms with Gasteiger partial charge in [-0.25, -0.2) is 0 Å². The molecule has 0 fully saturated rings. The maximum absolute atomic E-state index is 9.66. The molecule has 72 valence electrons. The fraction of sp³-hybridized carbons (Fsp3) is 0.818. The van der Waals surface area contributed by atoms with E-state index in [0.717, 1.165) is 0 Å². The Labute approximate surface area is 76.5 Å². The number of aliphatic hydroxyl groups excluding tert-OH is 1. The molecule has 0 aliphatic carbocycles. The van der Waals surface area contributed by atoms with Gasteiger partial charge in [-0.3, -0.25) is 0 Å². The van der Waals surface area contributed by atoms with Gasteiger partial charge in [-0.15, -0.1) is 0 Å². The molecule has 0 radical (unpaired) electrons. The molecular weight excluding hydrogens is 148 g/mol. The highest BCUT2D eigenvalue weighted by molar-refractivity contribution is 4.99. The van der Waals surface area contributed by atoms with E-state index in [9.17, 15) is 5.11 Å². The normalized spacial score (nSPS) is 16.9. The van der Waals surface area contributed by atoms with Crippen LogP contribution in [0.1, 0.15) is 41.5 Å². The Morgan fingerprint density at radius 3 is 1.67 bits per heavy atom. The first-order valence-electron chi connectivity index (χ1n) is 4.50. The van der Waals surface area contributed by atoms with E-state index in [0.29, 0.717) is 0 Å². The van der Waals surface area contributed by atoms with Crippen molar-refractivity contribution >= 4 is 0 Å². The highest BCUT2D eigenvalue weighted by Crippen LogP contribution is 2.22. The van der Waals surface area contributed by atoms with Gasteiger partial charge in [0.2, 0.25) is 0 Å². The van der Waals surface area contributed by atoms with Crippen LogP contribution in [0.15, 0.2) is 12.2 Å². The van der Waals surface area contributed by atoms with Crippen molar-refractivity contribution in [3.8, 4) is 0 Å². The molecule has 0 aliphatic rings. The average molecular weight is 170 g/mol. The number of aliphatic hydroxyl groups is 1. The topological polar surface area (TPSA) is 20.2 Å². The first-order valence-corrected chi connectivity index (χ1v) is 4.50. The number of rotatable bonds is 1. The highest BCUT2D eigenvalue weighted by atomic mass is 16.3. The van der Waals surface area contributed by atoms with Crippen LogP contribution in [0.3, 0.4) is 0 Å². The van der Waals surface area contributed by atoms with Crippen LogP contribution in [0.4, 0.5) is 0 Å². The third-order valence-corrected chi connectivity index (χ3v) is 1.67. The average Bonchev–Trinajstić information content (AvgIpc) is 1.78. The van der Waals surface area contributed by atoms with Crippen LogP contribution < -0.4 is 0 Å². The van der Waals surface area contributed by atoms with Crippen LogP contribution in [0.2, 0.25) is 0 Å². The van der Waals surface area contributed by atoms with Gasteiger partial charge in [0.25, 0.3) is 0 Å². The summed E-state index contributed by atoms with van der Waals surface area (Å²) in [6.45, 7) is 12.5. The van der Waals surface area contributed by atoms with Crippen LogP contribution >= 0.6 is 0 Å². The molecule has 0 saturated heterocycles. The van der Waals surface area contributed by atoms with E-state index in [1.54, 1.807) is 0 Å². The molecule has 1 unspecified atom stereocenters. The molecule has 0 aromatic heterocycles. The predicted molar refractivity (Wildman–Crippen MR) is 54.1 cm³/mol. The third-order valence-electron chi connectivity index (χ3n) is 1.67. The molecule has 1 heteroatoms. The first kappa shape index (κ1) is 11.7. The summed E-state index contributed by atoms with van der Waals surface area (Å²) in [6, 6.07) is 0. The van der Waals surface area contributed by atoms with Crippen LogP contribution in [0.5, 0.6) is 0 Å². The second kappa shape index (κ2) is 3.61. The fourth-order valence-electron chi connectivity index (χ4n) is 0.668. The lowest BCUT2D eigenvalue weighted by Crippen LogP contribution is -2.24. The zero-order valence-corrected chi connectivity index (χ0v) is 9.18. The van der Waals surface area contributed by atoms with Gasteiger partial charge in [0.1, 0.15) is 0 Å². The zero-order valence-electron chi connectivity index (χ0n) is 9.18. The summed E-state index contributed by atoms with van der Waals surface area (Å²) in [7, 11) is 0. The minimum atomic E-state index is -0.350. The molecule has 0 rings (SSSR count). The van der Waals surface area contributed by atoms with Crippen molar-refractivity contribution in [1.29, 1.82) is 0 Å². The summed E-state index contributed by atoms with van der Waals surface area (Å²) in [5.41, 5.74) is 0.105. The molecule has 0 aromatic rings. The number of hydrogen-bond acceptors (Lipinski definition) is 1. The van der Waals surface area contributed by atoms with E-state index in [1.165, 1.54) is 0 Å². The Kier molecular flexibility index (Phi) is 3.52. The molecule has 12 heavy (non-hydrogen) atoms. The summed E-state index contributed by atoms with van der Waals surface area (Å²) >= 11 is 0. The van der Waals surface area contributed by atoms with E-state index >= 15 is 0 Å².